The molecule has 2 aromatic heterocycles. The van der Waals surface area contributed by atoms with E-state index in [1.54, 1.807) is 12.1 Å². The molecule has 3 rings (SSSR count). The molecule has 0 bridgehead atoms. The van der Waals surface area contributed by atoms with Gasteiger partial charge in [0, 0.05) is 4.88 Å². The third kappa shape index (κ3) is 3.97. The number of terminal acetylenes is 1. The first-order valence-corrected chi connectivity index (χ1v) is 9.25. The van der Waals surface area contributed by atoms with Crippen molar-refractivity contribution in [1.29, 1.82) is 0 Å². The van der Waals surface area contributed by atoms with Gasteiger partial charge in [0.25, 0.3) is 5.56 Å². The molecule has 3 aromatic rings. The van der Waals surface area contributed by atoms with Gasteiger partial charge in [-0.15, -0.1) is 17.8 Å². The zero-order chi connectivity index (χ0) is 19.4. The molecule has 0 N–H and O–H groups in total. The van der Waals surface area contributed by atoms with Gasteiger partial charge in [-0.1, -0.05) is 24.4 Å². The van der Waals surface area contributed by atoms with Gasteiger partial charge >= 0.3 is 0 Å². The van der Waals surface area contributed by atoms with Crippen LogP contribution < -0.4 is 15.0 Å². The molecule has 2 heterocycles. The fourth-order valence-corrected chi connectivity index (χ4v) is 3.62. The molecule has 0 saturated heterocycles. The number of benzene rings is 1. The molecule has 0 radical (unpaired) electrons. The standard InChI is InChI=1S/C19H16ClN3O3S/c1-4-6-26-17-15(20)7-12(8-16(17)25-3)10-22-23-11-21-18-14(19(23)24)9-13(5-2)27-18/h1,7-11H,5-6H2,2-3H3/b22-10-. The van der Waals surface area contributed by atoms with Crippen molar-refractivity contribution >= 4 is 39.4 Å². The summed E-state index contributed by atoms with van der Waals surface area (Å²) in [5, 5.41) is 5.09. The Kier molecular flexibility index (Phi) is 5.79. The Morgan fingerprint density at radius 2 is 2.26 bits per heavy atom. The molecular formula is C19H16ClN3O3S. The highest BCUT2D eigenvalue weighted by molar-refractivity contribution is 7.18. The Balaban J connectivity index is 1.95. The second-order valence-electron chi connectivity index (χ2n) is 5.45. The third-order valence-corrected chi connectivity index (χ3v) is 5.19. The van der Waals surface area contributed by atoms with Crippen LogP contribution in [0.4, 0.5) is 0 Å². The summed E-state index contributed by atoms with van der Waals surface area (Å²) in [4.78, 5) is 18.7. The van der Waals surface area contributed by atoms with Crippen LogP contribution in [0.3, 0.4) is 0 Å². The average molecular weight is 402 g/mol. The van der Waals surface area contributed by atoms with Crippen molar-refractivity contribution < 1.29 is 9.47 Å². The van der Waals surface area contributed by atoms with Gasteiger partial charge in [-0.2, -0.15) is 9.78 Å². The number of ether oxygens (including phenoxy) is 2. The fraction of sp³-hybridized carbons (Fsp3) is 0.211. The lowest BCUT2D eigenvalue weighted by molar-refractivity contribution is 0.331. The summed E-state index contributed by atoms with van der Waals surface area (Å²) in [6.45, 7) is 2.11. The molecule has 0 unspecified atom stereocenters. The Hall–Kier alpha value is -2.82. The third-order valence-electron chi connectivity index (χ3n) is 3.72. The minimum atomic E-state index is -0.223. The second kappa shape index (κ2) is 8.25. The molecule has 6 nitrogen and oxygen atoms in total. The molecule has 0 fully saturated rings. The van der Waals surface area contributed by atoms with Crippen LogP contribution in [-0.4, -0.2) is 29.6 Å². The van der Waals surface area contributed by atoms with Crippen molar-refractivity contribution in [2.24, 2.45) is 5.10 Å². The number of aryl methyl sites for hydroxylation is 1. The number of halogens is 1. The van der Waals surface area contributed by atoms with Gasteiger partial charge in [-0.05, 0) is 30.2 Å². The number of hydrogen-bond acceptors (Lipinski definition) is 6. The molecule has 0 atom stereocenters. The SMILES string of the molecule is C#CCOc1c(Cl)cc(/C=N\n2cnc3sc(CC)cc3c2=O)cc1OC. The van der Waals surface area contributed by atoms with E-state index in [2.05, 4.69) is 16.0 Å². The van der Waals surface area contributed by atoms with Gasteiger partial charge in [0.15, 0.2) is 11.5 Å². The van der Waals surface area contributed by atoms with Gasteiger partial charge < -0.3 is 9.47 Å². The number of aromatic nitrogens is 2. The smallest absolute Gasteiger partial charge is 0.282 e. The summed E-state index contributed by atoms with van der Waals surface area (Å²) < 4.78 is 11.9. The van der Waals surface area contributed by atoms with Crippen LogP contribution in [-0.2, 0) is 6.42 Å². The highest BCUT2D eigenvalue weighted by Gasteiger charge is 2.12. The van der Waals surface area contributed by atoms with Crippen molar-refractivity contribution in [1.82, 2.24) is 9.66 Å². The van der Waals surface area contributed by atoms with E-state index in [-0.39, 0.29) is 12.2 Å². The number of fused-ring (bicyclic) bond motifs is 1. The maximum atomic E-state index is 12.6. The summed E-state index contributed by atoms with van der Waals surface area (Å²) in [7, 11) is 1.50. The van der Waals surface area contributed by atoms with Crippen LogP contribution in [0.2, 0.25) is 5.02 Å². The van der Waals surface area contributed by atoms with E-state index in [0.29, 0.717) is 32.3 Å². The lowest BCUT2D eigenvalue weighted by Crippen LogP contribution is -2.16. The van der Waals surface area contributed by atoms with Crippen LogP contribution in [0.1, 0.15) is 17.4 Å². The van der Waals surface area contributed by atoms with Crippen LogP contribution in [0.5, 0.6) is 11.5 Å². The Morgan fingerprint density at radius 1 is 1.44 bits per heavy atom. The predicted molar refractivity (Wildman–Crippen MR) is 109 cm³/mol. The highest BCUT2D eigenvalue weighted by atomic mass is 35.5. The summed E-state index contributed by atoms with van der Waals surface area (Å²) in [5.41, 5.74) is 0.413. The molecule has 0 aliphatic heterocycles. The largest absolute Gasteiger partial charge is 0.493 e. The monoisotopic (exact) mass is 401 g/mol. The zero-order valence-corrected chi connectivity index (χ0v) is 16.3. The first kappa shape index (κ1) is 19.0. The van der Waals surface area contributed by atoms with Crippen molar-refractivity contribution in [3.8, 4) is 23.8 Å². The molecule has 0 aliphatic carbocycles. The minimum absolute atomic E-state index is 0.0744. The maximum Gasteiger partial charge on any atom is 0.282 e. The number of hydrogen-bond donors (Lipinski definition) is 0. The van der Waals surface area contributed by atoms with E-state index in [1.165, 1.54) is 35.7 Å². The van der Waals surface area contributed by atoms with Crippen molar-refractivity contribution in [3.05, 3.63) is 50.3 Å². The topological polar surface area (TPSA) is 65.7 Å². The van der Waals surface area contributed by atoms with E-state index >= 15 is 0 Å². The summed E-state index contributed by atoms with van der Waals surface area (Å²) in [6.07, 6.45) is 8.97. The Bertz CT molecular complexity index is 1110. The van der Waals surface area contributed by atoms with E-state index < -0.39 is 0 Å². The summed E-state index contributed by atoms with van der Waals surface area (Å²) >= 11 is 7.76. The molecule has 0 saturated carbocycles. The molecule has 0 aliphatic rings. The molecule has 27 heavy (non-hydrogen) atoms. The zero-order valence-electron chi connectivity index (χ0n) is 14.7. The highest BCUT2D eigenvalue weighted by Crippen LogP contribution is 2.36. The van der Waals surface area contributed by atoms with Gasteiger partial charge in [0.1, 0.15) is 17.8 Å². The molecule has 0 spiro atoms. The number of rotatable bonds is 6. The van der Waals surface area contributed by atoms with Gasteiger partial charge in [0.2, 0.25) is 0 Å². The molecule has 0 amide bonds. The fourth-order valence-electron chi connectivity index (χ4n) is 2.42. The van der Waals surface area contributed by atoms with Crippen LogP contribution >= 0.6 is 22.9 Å². The van der Waals surface area contributed by atoms with Crippen molar-refractivity contribution in [2.45, 2.75) is 13.3 Å². The van der Waals surface area contributed by atoms with Crippen molar-refractivity contribution in [2.75, 3.05) is 13.7 Å². The van der Waals surface area contributed by atoms with E-state index in [4.69, 9.17) is 27.5 Å². The second-order valence-corrected chi connectivity index (χ2v) is 6.97. The van der Waals surface area contributed by atoms with Gasteiger partial charge in [0.05, 0.1) is 23.7 Å². The Morgan fingerprint density at radius 3 is 2.96 bits per heavy atom. The van der Waals surface area contributed by atoms with Gasteiger partial charge in [-0.25, -0.2) is 4.98 Å². The van der Waals surface area contributed by atoms with Gasteiger partial charge in [-0.3, -0.25) is 4.79 Å². The normalized spacial score (nSPS) is 11.0. The first-order chi connectivity index (χ1) is 13.1. The number of methoxy groups -OCH3 is 1. The molecule has 1 aromatic carbocycles. The predicted octanol–water partition coefficient (Wildman–Crippen LogP) is 3.58. The van der Waals surface area contributed by atoms with Crippen molar-refractivity contribution in [3.63, 3.8) is 0 Å². The first-order valence-electron chi connectivity index (χ1n) is 8.05. The Labute approximate surface area is 165 Å². The lowest BCUT2D eigenvalue weighted by atomic mass is 10.2. The molecule has 8 heteroatoms. The number of thiophene rings is 1. The molecule has 138 valence electrons. The lowest BCUT2D eigenvalue weighted by Gasteiger charge is -2.11. The van der Waals surface area contributed by atoms with E-state index in [0.717, 1.165) is 11.3 Å². The maximum absolute atomic E-state index is 12.6. The molecular weight excluding hydrogens is 386 g/mol. The summed E-state index contributed by atoms with van der Waals surface area (Å²) in [5.74, 6) is 3.16. The van der Waals surface area contributed by atoms with E-state index in [9.17, 15) is 4.79 Å². The minimum Gasteiger partial charge on any atom is -0.493 e. The van der Waals surface area contributed by atoms with Crippen LogP contribution in [0, 0.1) is 12.3 Å². The van der Waals surface area contributed by atoms with E-state index in [1.807, 2.05) is 13.0 Å². The number of nitrogens with zero attached hydrogens (tertiary/aromatic N) is 3. The summed E-state index contributed by atoms with van der Waals surface area (Å²) in [6, 6.07) is 5.20. The van der Waals surface area contributed by atoms with Crippen LogP contribution in [0.15, 0.2) is 34.4 Å². The quantitative estimate of drug-likeness (QED) is 0.467. The van der Waals surface area contributed by atoms with Crippen LogP contribution in [0.25, 0.3) is 10.2 Å². The average Bonchev–Trinajstić information content (AvgIpc) is 3.10.